The quantitative estimate of drug-likeness (QED) is 0.370. The molecule has 0 saturated carbocycles. The van der Waals surface area contributed by atoms with Gasteiger partial charge >= 0.3 is 0 Å². The molecule has 9 nitrogen and oxygen atoms in total. The van der Waals surface area contributed by atoms with Crippen molar-refractivity contribution in [1.82, 2.24) is 18.9 Å². The van der Waals surface area contributed by atoms with Gasteiger partial charge in [0.2, 0.25) is 15.9 Å². The van der Waals surface area contributed by atoms with Gasteiger partial charge in [-0.25, -0.2) is 8.42 Å². The van der Waals surface area contributed by atoms with E-state index in [9.17, 15) is 13.2 Å². The molecular formula is C26H29N5O4S2. The van der Waals surface area contributed by atoms with Crippen molar-refractivity contribution in [1.29, 1.82) is 0 Å². The number of carbonyl (C=O) groups is 1. The molecule has 1 fully saturated rings. The first-order chi connectivity index (χ1) is 17.6. The maximum absolute atomic E-state index is 13.0. The molecule has 1 aliphatic rings. The molecule has 1 aliphatic heterocycles. The van der Waals surface area contributed by atoms with Crippen LogP contribution in [0.25, 0.3) is 16.6 Å². The van der Waals surface area contributed by atoms with Gasteiger partial charge in [0.25, 0.3) is 0 Å². The summed E-state index contributed by atoms with van der Waals surface area (Å²) in [6.45, 7) is 9.47. The highest BCUT2D eigenvalue weighted by Gasteiger charge is 2.26. The number of pyridine rings is 1. The molecule has 11 heteroatoms. The van der Waals surface area contributed by atoms with Gasteiger partial charge in [-0.05, 0) is 75.2 Å². The van der Waals surface area contributed by atoms with Crippen molar-refractivity contribution in [3.8, 4) is 0 Å². The number of sulfonamides is 1. The van der Waals surface area contributed by atoms with Crippen molar-refractivity contribution in [2.24, 2.45) is 0 Å². The van der Waals surface area contributed by atoms with Gasteiger partial charge in [-0.2, -0.15) is 4.31 Å². The lowest BCUT2D eigenvalue weighted by atomic mass is 10.0. The second-order valence-corrected chi connectivity index (χ2v) is 12.5. The number of benzene rings is 2. The molecule has 1 unspecified atom stereocenters. The molecule has 2 aromatic heterocycles. The van der Waals surface area contributed by atoms with E-state index in [2.05, 4.69) is 48.4 Å². The molecule has 5 rings (SSSR count). The maximum Gasteiger partial charge on any atom is 0.243 e. The number of ether oxygens (including phenoxy) is 1. The number of hydrogen-bond donors (Lipinski definition) is 1. The van der Waals surface area contributed by atoms with Crippen LogP contribution in [0.5, 0.6) is 0 Å². The summed E-state index contributed by atoms with van der Waals surface area (Å²) in [5, 5.41) is 12.9. The monoisotopic (exact) mass is 539 g/mol. The molecular weight excluding hydrogens is 510 g/mol. The second-order valence-electron chi connectivity index (χ2n) is 9.27. The van der Waals surface area contributed by atoms with Gasteiger partial charge in [0.05, 0.1) is 28.9 Å². The molecule has 194 valence electrons. The zero-order valence-corrected chi connectivity index (χ0v) is 22.8. The van der Waals surface area contributed by atoms with Crippen LogP contribution in [0.1, 0.15) is 23.6 Å². The first-order valence-corrected chi connectivity index (χ1v) is 14.4. The SMILES string of the molecule is Cc1cc(C)c2c(c1)c(C)cc1nnc(SC(C)C(=O)Nc3ccc(S(=O)(=O)N4CCOCC4)cc3)n12. The third kappa shape index (κ3) is 4.96. The van der Waals surface area contributed by atoms with E-state index in [1.165, 1.54) is 33.8 Å². The number of hydrogen-bond acceptors (Lipinski definition) is 7. The molecule has 0 radical (unpaired) electrons. The average Bonchev–Trinajstić information content (AvgIpc) is 3.26. The van der Waals surface area contributed by atoms with E-state index in [-0.39, 0.29) is 10.8 Å². The second kappa shape index (κ2) is 10.1. The van der Waals surface area contributed by atoms with Gasteiger partial charge in [0.1, 0.15) is 0 Å². The van der Waals surface area contributed by atoms with Gasteiger partial charge in [0.15, 0.2) is 10.8 Å². The van der Waals surface area contributed by atoms with Crippen molar-refractivity contribution < 1.29 is 17.9 Å². The van der Waals surface area contributed by atoms with E-state index in [4.69, 9.17) is 4.74 Å². The Bertz CT molecular complexity index is 1590. The van der Waals surface area contributed by atoms with Crippen LogP contribution < -0.4 is 5.32 Å². The summed E-state index contributed by atoms with van der Waals surface area (Å²) in [7, 11) is -3.59. The van der Waals surface area contributed by atoms with E-state index < -0.39 is 15.3 Å². The normalized spacial score (nSPS) is 15.8. The van der Waals surface area contributed by atoms with Crippen molar-refractivity contribution in [3.05, 3.63) is 59.2 Å². The summed E-state index contributed by atoms with van der Waals surface area (Å²) in [6, 6.07) is 12.6. The highest BCUT2D eigenvalue weighted by Crippen LogP contribution is 2.31. The molecule has 1 amide bonds. The summed E-state index contributed by atoms with van der Waals surface area (Å²) < 4.78 is 34.3. The summed E-state index contributed by atoms with van der Waals surface area (Å²) in [5.74, 6) is -0.213. The fourth-order valence-corrected chi connectivity index (χ4v) is 6.86. The number of fused-ring (bicyclic) bond motifs is 3. The predicted molar refractivity (Wildman–Crippen MR) is 145 cm³/mol. The number of carbonyl (C=O) groups excluding carboxylic acids is 1. The fourth-order valence-electron chi connectivity index (χ4n) is 4.59. The van der Waals surface area contributed by atoms with E-state index >= 15 is 0 Å². The number of thioether (sulfide) groups is 1. The van der Waals surface area contributed by atoms with Crippen LogP contribution in [0.3, 0.4) is 0 Å². The maximum atomic E-state index is 13.0. The van der Waals surface area contributed by atoms with Crippen LogP contribution in [0, 0.1) is 20.8 Å². The first-order valence-electron chi connectivity index (χ1n) is 12.1. The van der Waals surface area contributed by atoms with E-state index in [1.807, 2.05) is 17.4 Å². The van der Waals surface area contributed by atoms with Crippen molar-refractivity contribution >= 4 is 49.9 Å². The third-order valence-corrected chi connectivity index (χ3v) is 9.43. The van der Waals surface area contributed by atoms with Gasteiger partial charge in [-0.3, -0.25) is 9.20 Å². The molecule has 3 heterocycles. The zero-order chi connectivity index (χ0) is 26.3. The molecule has 0 aliphatic carbocycles. The van der Waals surface area contributed by atoms with Crippen molar-refractivity contribution in [3.63, 3.8) is 0 Å². The lowest BCUT2D eigenvalue weighted by Crippen LogP contribution is -2.40. The Labute approximate surface area is 220 Å². The van der Waals surface area contributed by atoms with Crippen LogP contribution in [0.2, 0.25) is 0 Å². The third-order valence-electron chi connectivity index (χ3n) is 6.48. The smallest absolute Gasteiger partial charge is 0.243 e. The Morgan fingerprint density at radius 3 is 2.43 bits per heavy atom. The van der Waals surface area contributed by atoms with Gasteiger partial charge in [0, 0.05) is 24.2 Å². The number of aromatic nitrogens is 3. The Morgan fingerprint density at radius 2 is 1.73 bits per heavy atom. The lowest BCUT2D eigenvalue weighted by Gasteiger charge is -2.26. The van der Waals surface area contributed by atoms with Gasteiger partial charge < -0.3 is 10.1 Å². The van der Waals surface area contributed by atoms with Gasteiger partial charge in [-0.15, -0.1) is 10.2 Å². The van der Waals surface area contributed by atoms with E-state index in [0.717, 1.165) is 27.7 Å². The summed E-state index contributed by atoms with van der Waals surface area (Å²) >= 11 is 1.33. The van der Waals surface area contributed by atoms with Crippen LogP contribution in [-0.4, -0.2) is 64.8 Å². The molecule has 1 saturated heterocycles. The molecule has 0 spiro atoms. The summed E-state index contributed by atoms with van der Waals surface area (Å²) in [5.41, 5.74) is 5.74. The molecule has 0 bridgehead atoms. The largest absolute Gasteiger partial charge is 0.379 e. The highest BCUT2D eigenvalue weighted by molar-refractivity contribution is 8.00. The standard InChI is InChI=1S/C26H29N5O4S2/c1-16-13-18(3)24-22(14-16)17(2)15-23-28-29-26(31(23)24)36-19(4)25(32)27-20-5-7-21(8-6-20)37(33,34)30-9-11-35-12-10-30/h5-8,13-15,19H,9-12H2,1-4H3,(H,27,32). The molecule has 4 aromatic rings. The minimum absolute atomic E-state index is 0.192. The molecule has 37 heavy (non-hydrogen) atoms. The Kier molecular flexibility index (Phi) is 6.97. The molecule has 2 aromatic carbocycles. The molecule has 1 N–H and O–H groups in total. The van der Waals surface area contributed by atoms with Crippen LogP contribution >= 0.6 is 11.8 Å². The van der Waals surface area contributed by atoms with Crippen molar-refractivity contribution in [2.75, 3.05) is 31.6 Å². The minimum atomic E-state index is -3.59. The Hall–Kier alpha value is -2.99. The first kappa shape index (κ1) is 25.7. The number of rotatable bonds is 6. The Morgan fingerprint density at radius 1 is 1.03 bits per heavy atom. The topological polar surface area (TPSA) is 106 Å². The summed E-state index contributed by atoms with van der Waals surface area (Å²) in [4.78, 5) is 13.2. The van der Waals surface area contributed by atoms with E-state index in [0.29, 0.717) is 37.1 Å². The van der Waals surface area contributed by atoms with Crippen LogP contribution in [0.15, 0.2) is 52.5 Å². The van der Waals surface area contributed by atoms with Crippen molar-refractivity contribution in [2.45, 2.75) is 43.0 Å². The van der Waals surface area contributed by atoms with Crippen LogP contribution in [-0.2, 0) is 19.6 Å². The van der Waals surface area contributed by atoms with E-state index in [1.54, 1.807) is 12.1 Å². The predicted octanol–water partition coefficient (Wildman–Crippen LogP) is 3.95. The fraction of sp³-hybridized carbons (Fsp3) is 0.346. The highest BCUT2D eigenvalue weighted by atomic mass is 32.2. The number of aryl methyl sites for hydroxylation is 3. The van der Waals surface area contributed by atoms with Crippen LogP contribution in [0.4, 0.5) is 5.69 Å². The summed E-state index contributed by atoms with van der Waals surface area (Å²) in [6.07, 6.45) is 0. The van der Waals surface area contributed by atoms with Gasteiger partial charge in [-0.1, -0.05) is 23.4 Å². The minimum Gasteiger partial charge on any atom is -0.379 e. The number of morpholine rings is 1. The number of nitrogens with one attached hydrogen (secondary N) is 1. The number of nitrogens with zero attached hydrogens (tertiary/aromatic N) is 4. The average molecular weight is 540 g/mol. The Balaban J connectivity index is 1.34. The molecule has 1 atom stereocenters. The lowest BCUT2D eigenvalue weighted by molar-refractivity contribution is -0.115. The zero-order valence-electron chi connectivity index (χ0n) is 21.2. The number of anilines is 1. The number of amides is 1.